The molecule has 0 radical (unpaired) electrons. The lowest BCUT2D eigenvalue weighted by Crippen LogP contribution is -2.26. The van der Waals surface area contributed by atoms with Gasteiger partial charge in [-0.3, -0.25) is 9.48 Å². The van der Waals surface area contributed by atoms with Crippen LogP contribution in [0.5, 0.6) is 5.75 Å². The Labute approximate surface area is 164 Å². The Bertz CT molecular complexity index is 1020. The lowest BCUT2D eigenvalue weighted by molar-refractivity contribution is 0.0953. The van der Waals surface area contributed by atoms with Gasteiger partial charge in [0.2, 0.25) is 0 Å². The molecule has 3 aromatic rings. The third-order valence-corrected chi connectivity index (χ3v) is 5.09. The molecule has 6 heteroatoms. The average molecular weight is 378 g/mol. The lowest BCUT2D eigenvalue weighted by atomic mass is 10.1. The van der Waals surface area contributed by atoms with Crippen LogP contribution in [0, 0.1) is 13.8 Å². The van der Waals surface area contributed by atoms with Crippen LogP contribution in [-0.2, 0) is 7.05 Å². The van der Waals surface area contributed by atoms with Gasteiger partial charge in [0, 0.05) is 25.2 Å². The first-order valence-corrected chi connectivity index (χ1v) is 9.85. The van der Waals surface area contributed by atoms with Gasteiger partial charge >= 0.3 is 0 Å². The number of hydrogen-bond donors (Lipinski definition) is 1. The molecule has 146 valence electrons. The fourth-order valence-corrected chi connectivity index (χ4v) is 3.50. The molecule has 28 heavy (non-hydrogen) atoms. The van der Waals surface area contributed by atoms with Gasteiger partial charge in [-0.15, -0.1) is 0 Å². The van der Waals surface area contributed by atoms with E-state index in [4.69, 9.17) is 9.72 Å². The number of pyridine rings is 1. The molecule has 2 heterocycles. The minimum absolute atomic E-state index is 0.0686. The van der Waals surface area contributed by atoms with Gasteiger partial charge in [0.1, 0.15) is 5.75 Å². The predicted molar refractivity (Wildman–Crippen MR) is 109 cm³/mol. The first-order valence-electron chi connectivity index (χ1n) is 9.85. The maximum absolute atomic E-state index is 12.9. The number of nitrogens with zero attached hydrogens (tertiary/aromatic N) is 3. The molecule has 1 N–H and O–H groups in total. The number of nitrogens with one attached hydrogen (secondary N) is 1. The van der Waals surface area contributed by atoms with Gasteiger partial charge in [-0.1, -0.05) is 12.1 Å². The summed E-state index contributed by atoms with van der Waals surface area (Å²) >= 11 is 0. The highest BCUT2D eigenvalue weighted by Gasteiger charge is 2.28. The number of hydrogen-bond acceptors (Lipinski definition) is 4. The van der Waals surface area contributed by atoms with Crippen LogP contribution in [0.15, 0.2) is 30.3 Å². The summed E-state index contributed by atoms with van der Waals surface area (Å²) in [6, 6.07) is 9.93. The van der Waals surface area contributed by atoms with E-state index in [1.54, 1.807) is 4.68 Å². The lowest BCUT2D eigenvalue weighted by Gasteiger charge is -2.10. The molecule has 0 unspecified atom stereocenters. The molecule has 0 saturated heterocycles. The molecule has 0 atom stereocenters. The predicted octanol–water partition coefficient (Wildman–Crippen LogP) is 3.66. The summed E-state index contributed by atoms with van der Waals surface area (Å²) in [5, 5.41) is 8.33. The largest absolute Gasteiger partial charge is 0.494 e. The van der Waals surface area contributed by atoms with Crippen molar-refractivity contribution in [2.75, 3.05) is 13.2 Å². The molecule has 2 aromatic heterocycles. The van der Waals surface area contributed by atoms with Gasteiger partial charge in [0.25, 0.3) is 5.91 Å². The SMILES string of the molecule is Cc1cccc(OCCCNC(=O)c2cc(C3CC3)nc3c2c(C)nn3C)c1. The van der Waals surface area contributed by atoms with E-state index in [1.165, 1.54) is 5.56 Å². The van der Waals surface area contributed by atoms with E-state index in [0.717, 1.165) is 47.4 Å². The zero-order valence-corrected chi connectivity index (χ0v) is 16.7. The Kier molecular flexibility index (Phi) is 5.03. The second-order valence-corrected chi connectivity index (χ2v) is 7.55. The summed E-state index contributed by atoms with van der Waals surface area (Å²) < 4.78 is 7.52. The Morgan fingerprint density at radius 2 is 2.11 bits per heavy atom. The van der Waals surface area contributed by atoms with Crippen LogP contribution in [-0.4, -0.2) is 33.8 Å². The third-order valence-electron chi connectivity index (χ3n) is 5.09. The summed E-state index contributed by atoms with van der Waals surface area (Å²) in [5.41, 5.74) is 4.47. The first kappa shape index (κ1) is 18.5. The van der Waals surface area contributed by atoms with Crippen LogP contribution in [0.2, 0.25) is 0 Å². The normalized spacial score (nSPS) is 13.7. The average Bonchev–Trinajstić information content (AvgIpc) is 3.47. The molecule has 1 fully saturated rings. The summed E-state index contributed by atoms with van der Waals surface area (Å²) in [7, 11) is 1.88. The fourth-order valence-electron chi connectivity index (χ4n) is 3.50. The van der Waals surface area contributed by atoms with Crippen molar-refractivity contribution in [3.63, 3.8) is 0 Å². The van der Waals surface area contributed by atoms with Crippen LogP contribution in [0.4, 0.5) is 0 Å². The van der Waals surface area contributed by atoms with E-state index >= 15 is 0 Å². The summed E-state index contributed by atoms with van der Waals surface area (Å²) in [5.74, 6) is 1.28. The number of aromatic nitrogens is 3. The number of carbonyl (C=O) groups excluding carboxylic acids is 1. The van der Waals surface area contributed by atoms with E-state index in [-0.39, 0.29) is 5.91 Å². The molecule has 1 amide bonds. The van der Waals surface area contributed by atoms with E-state index < -0.39 is 0 Å². The molecule has 4 rings (SSSR count). The number of rotatable bonds is 7. The number of carbonyl (C=O) groups is 1. The summed E-state index contributed by atoms with van der Waals surface area (Å²) in [4.78, 5) is 17.6. The van der Waals surface area contributed by atoms with Crippen molar-refractivity contribution in [3.8, 4) is 5.75 Å². The highest BCUT2D eigenvalue weighted by atomic mass is 16.5. The number of ether oxygens (including phenoxy) is 1. The van der Waals surface area contributed by atoms with Crippen LogP contribution in [0.1, 0.15) is 52.5 Å². The van der Waals surface area contributed by atoms with Crippen molar-refractivity contribution in [1.82, 2.24) is 20.1 Å². The minimum atomic E-state index is -0.0686. The first-order chi connectivity index (χ1) is 13.5. The number of fused-ring (bicyclic) bond motifs is 1. The van der Waals surface area contributed by atoms with Crippen molar-refractivity contribution in [2.24, 2.45) is 7.05 Å². The van der Waals surface area contributed by atoms with Gasteiger partial charge in [-0.25, -0.2) is 4.98 Å². The standard InChI is InChI=1S/C22H26N4O2/c1-14-6-4-7-17(12-14)28-11-5-10-23-22(27)18-13-19(16-8-9-16)24-21-20(18)15(2)25-26(21)3/h4,6-7,12-13,16H,5,8-11H2,1-3H3,(H,23,27). The second-order valence-electron chi connectivity index (χ2n) is 7.55. The van der Waals surface area contributed by atoms with Gasteiger partial charge in [0.05, 0.1) is 23.3 Å². The Hall–Kier alpha value is -2.89. The smallest absolute Gasteiger partial charge is 0.252 e. The van der Waals surface area contributed by atoms with Crippen LogP contribution in [0.25, 0.3) is 11.0 Å². The maximum atomic E-state index is 12.9. The Morgan fingerprint density at radius 1 is 1.29 bits per heavy atom. The highest BCUT2D eigenvalue weighted by molar-refractivity contribution is 6.06. The molecule has 1 aliphatic rings. The Morgan fingerprint density at radius 3 is 2.86 bits per heavy atom. The number of benzene rings is 1. The van der Waals surface area contributed by atoms with Gasteiger partial charge in [-0.2, -0.15) is 5.10 Å². The van der Waals surface area contributed by atoms with Crippen molar-refractivity contribution in [1.29, 1.82) is 0 Å². The van der Waals surface area contributed by atoms with Crippen molar-refractivity contribution >= 4 is 16.9 Å². The van der Waals surface area contributed by atoms with Crippen LogP contribution in [0.3, 0.4) is 0 Å². The maximum Gasteiger partial charge on any atom is 0.252 e. The van der Waals surface area contributed by atoms with E-state index in [0.29, 0.717) is 24.6 Å². The van der Waals surface area contributed by atoms with Crippen LogP contribution < -0.4 is 10.1 Å². The molecule has 0 spiro atoms. The van der Waals surface area contributed by atoms with Crippen molar-refractivity contribution in [2.45, 2.75) is 39.0 Å². The molecule has 6 nitrogen and oxygen atoms in total. The molecule has 1 aromatic carbocycles. The zero-order chi connectivity index (χ0) is 19.7. The zero-order valence-electron chi connectivity index (χ0n) is 16.7. The van der Waals surface area contributed by atoms with Crippen LogP contribution >= 0.6 is 0 Å². The Balaban J connectivity index is 1.41. The highest BCUT2D eigenvalue weighted by Crippen LogP contribution is 2.40. The molecular weight excluding hydrogens is 352 g/mol. The third kappa shape index (κ3) is 3.86. The van der Waals surface area contributed by atoms with E-state index in [1.807, 2.05) is 51.2 Å². The number of amides is 1. The molecule has 1 aliphatic carbocycles. The molecule has 1 saturated carbocycles. The molecule has 0 aliphatic heterocycles. The van der Waals surface area contributed by atoms with Crippen molar-refractivity contribution in [3.05, 3.63) is 52.8 Å². The topological polar surface area (TPSA) is 69.0 Å². The number of aryl methyl sites for hydroxylation is 3. The van der Waals surface area contributed by atoms with Gasteiger partial charge < -0.3 is 10.1 Å². The van der Waals surface area contributed by atoms with Gasteiger partial charge in [0.15, 0.2) is 5.65 Å². The second kappa shape index (κ2) is 7.62. The van der Waals surface area contributed by atoms with Crippen molar-refractivity contribution < 1.29 is 9.53 Å². The summed E-state index contributed by atoms with van der Waals surface area (Å²) in [6.07, 6.45) is 3.04. The quantitative estimate of drug-likeness (QED) is 0.637. The fraction of sp³-hybridized carbons (Fsp3) is 0.409. The van der Waals surface area contributed by atoms with E-state index in [2.05, 4.69) is 10.4 Å². The molecular formula is C22H26N4O2. The monoisotopic (exact) mass is 378 g/mol. The summed E-state index contributed by atoms with van der Waals surface area (Å²) in [6.45, 7) is 5.09. The molecule has 0 bridgehead atoms. The van der Waals surface area contributed by atoms with Gasteiger partial charge in [-0.05, 0) is 56.9 Å². The van der Waals surface area contributed by atoms with E-state index in [9.17, 15) is 4.79 Å². The minimum Gasteiger partial charge on any atom is -0.494 e.